The molecule has 150 valence electrons. The predicted molar refractivity (Wildman–Crippen MR) is 101 cm³/mol. The molecule has 4 amide bonds. The van der Waals surface area contributed by atoms with Gasteiger partial charge in [-0.25, -0.2) is 4.79 Å². The van der Waals surface area contributed by atoms with E-state index < -0.39 is 12.0 Å². The molecule has 1 aromatic carbocycles. The minimum absolute atomic E-state index is 0.0266. The van der Waals surface area contributed by atoms with E-state index in [9.17, 15) is 19.2 Å². The lowest BCUT2D eigenvalue weighted by Gasteiger charge is -2.28. The average molecular weight is 388 g/mol. The lowest BCUT2D eigenvalue weighted by molar-refractivity contribution is -0.138. The highest BCUT2D eigenvalue weighted by Gasteiger charge is 2.32. The number of rotatable bonds is 6. The van der Waals surface area contributed by atoms with Gasteiger partial charge in [0.05, 0.1) is 17.7 Å². The summed E-state index contributed by atoms with van der Waals surface area (Å²) in [6.07, 6.45) is 1.86. The fourth-order valence-corrected chi connectivity index (χ4v) is 3.78. The van der Waals surface area contributed by atoms with E-state index in [1.165, 1.54) is 4.90 Å². The smallest absolute Gasteiger partial charge is 0.328 e. The summed E-state index contributed by atoms with van der Waals surface area (Å²) >= 11 is 0. The first-order chi connectivity index (χ1) is 13.4. The molecule has 2 saturated heterocycles. The molecule has 0 spiro atoms. The van der Waals surface area contributed by atoms with Gasteiger partial charge in [-0.05, 0) is 32.0 Å². The molecule has 1 aromatic rings. The highest BCUT2D eigenvalue weighted by molar-refractivity contribution is 6.09. The molecular formula is C19H24N4O5. The Kier molecular flexibility index (Phi) is 5.93. The van der Waals surface area contributed by atoms with Crippen LogP contribution in [0.4, 0.5) is 10.5 Å². The maximum Gasteiger partial charge on any atom is 0.328 e. The Labute approximate surface area is 162 Å². The Balaban J connectivity index is 1.65. The molecule has 3 rings (SSSR count). The van der Waals surface area contributed by atoms with Gasteiger partial charge < -0.3 is 10.4 Å². The summed E-state index contributed by atoms with van der Waals surface area (Å²) in [6, 6.07) is 6.27. The number of likely N-dealkylation sites (N-methyl/N-ethyl adjacent to an activating group) is 1. The van der Waals surface area contributed by atoms with Gasteiger partial charge in [0.1, 0.15) is 0 Å². The topological polar surface area (TPSA) is 119 Å². The molecule has 0 aromatic heterocycles. The molecule has 0 radical (unpaired) electrons. The first kappa shape index (κ1) is 19.8. The third-order valence-electron chi connectivity index (χ3n) is 5.39. The lowest BCUT2D eigenvalue weighted by Crippen LogP contribution is -2.50. The zero-order valence-corrected chi connectivity index (χ0v) is 15.7. The number of urea groups is 1. The second-order valence-corrected chi connectivity index (χ2v) is 7.13. The van der Waals surface area contributed by atoms with Crippen LogP contribution in [0.1, 0.15) is 36.0 Å². The second-order valence-electron chi connectivity index (χ2n) is 7.13. The predicted octanol–water partition coefficient (Wildman–Crippen LogP) is 0.800. The fraction of sp³-hybridized carbons (Fsp3) is 0.474. The van der Waals surface area contributed by atoms with Crippen LogP contribution in [0, 0.1) is 0 Å². The van der Waals surface area contributed by atoms with Crippen LogP contribution in [0.15, 0.2) is 24.3 Å². The molecule has 0 bridgehead atoms. The number of carboxylic acid groups (broad SMARTS) is 1. The molecule has 2 fully saturated rings. The van der Waals surface area contributed by atoms with Crippen molar-refractivity contribution < 1.29 is 24.3 Å². The van der Waals surface area contributed by atoms with Crippen LogP contribution in [-0.2, 0) is 9.59 Å². The molecule has 2 atom stereocenters. The summed E-state index contributed by atoms with van der Waals surface area (Å²) in [7, 11) is 1.88. The van der Waals surface area contributed by atoms with Crippen LogP contribution in [-0.4, -0.2) is 66.0 Å². The van der Waals surface area contributed by atoms with Gasteiger partial charge in [-0.15, -0.1) is 0 Å². The number of hydrogen-bond donors (Lipinski definition) is 3. The van der Waals surface area contributed by atoms with Gasteiger partial charge in [0.25, 0.3) is 5.91 Å². The standard InChI is InChI=1S/C19H24N4O5/c1-22-12(10-17(25)26)6-7-13(22)11-20-18(27)14-4-2-3-5-15(14)23-9-8-16(24)21-19(23)28/h2-5,12-13H,6-11H2,1H3,(H,20,27)(H,25,26)(H,21,24,28)/t12-,13+/m1/s1. The minimum atomic E-state index is -0.825. The molecule has 0 saturated carbocycles. The maximum absolute atomic E-state index is 12.8. The van der Waals surface area contributed by atoms with Crippen molar-refractivity contribution in [1.29, 1.82) is 0 Å². The number of anilines is 1. The van der Waals surface area contributed by atoms with Crippen LogP contribution >= 0.6 is 0 Å². The number of carbonyl (C=O) groups is 4. The Hall–Kier alpha value is -2.94. The number of nitrogens with zero attached hydrogens (tertiary/aromatic N) is 2. The van der Waals surface area contributed by atoms with Crippen molar-refractivity contribution in [3.8, 4) is 0 Å². The van der Waals surface area contributed by atoms with Gasteiger partial charge >= 0.3 is 12.0 Å². The van der Waals surface area contributed by atoms with Crippen LogP contribution < -0.4 is 15.5 Å². The van der Waals surface area contributed by atoms with Crippen molar-refractivity contribution in [2.24, 2.45) is 0 Å². The highest BCUT2D eigenvalue weighted by Crippen LogP contribution is 2.25. The Bertz CT molecular complexity index is 796. The number of hydrogen-bond acceptors (Lipinski definition) is 5. The summed E-state index contributed by atoms with van der Waals surface area (Å²) in [6.45, 7) is 0.613. The Morgan fingerprint density at radius 2 is 1.93 bits per heavy atom. The van der Waals surface area contributed by atoms with Crippen LogP contribution in [0.25, 0.3) is 0 Å². The second kappa shape index (κ2) is 8.39. The first-order valence-electron chi connectivity index (χ1n) is 9.29. The molecule has 2 aliphatic rings. The van der Waals surface area contributed by atoms with Crippen molar-refractivity contribution in [3.05, 3.63) is 29.8 Å². The van der Waals surface area contributed by atoms with E-state index in [1.54, 1.807) is 24.3 Å². The van der Waals surface area contributed by atoms with E-state index >= 15 is 0 Å². The summed E-state index contributed by atoms with van der Waals surface area (Å²) < 4.78 is 0. The Morgan fingerprint density at radius 3 is 2.64 bits per heavy atom. The Morgan fingerprint density at radius 1 is 1.21 bits per heavy atom. The number of likely N-dealkylation sites (tertiary alicyclic amines) is 1. The molecule has 2 aliphatic heterocycles. The van der Waals surface area contributed by atoms with E-state index in [2.05, 4.69) is 10.6 Å². The van der Waals surface area contributed by atoms with E-state index in [1.807, 2.05) is 11.9 Å². The number of carbonyl (C=O) groups excluding carboxylic acids is 3. The zero-order valence-electron chi connectivity index (χ0n) is 15.7. The van der Waals surface area contributed by atoms with Crippen molar-refractivity contribution in [3.63, 3.8) is 0 Å². The first-order valence-corrected chi connectivity index (χ1v) is 9.29. The van der Waals surface area contributed by atoms with Crippen molar-refractivity contribution in [2.75, 3.05) is 25.0 Å². The molecule has 28 heavy (non-hydrogen) atoms. The number of nitrogens with one attached hydrogen (secondary N) is 2. The zero-order chi connectivity index (χ0) is 20.3. The van der Waals surface area contributed by atoms with Gasteiger partial charge in [-0.2, -0.15) is 0 Å². The molecule has 0 aliphatic carbocycles. The van der Waals surface area contributed by atoms with Crippen molar-refractivity contribution >= 4 is 29.5 Å². The SMILES string of the molecule is CN1[C@@H](CC(=O)O)CC[C@H]1CNC(=O)c1ccccc1N1CCC(=O)NC1=O. The largest absolute Gasteiger partial charge is 0.481 e. The number of amides is 4. The number of para-hydroxylation sites is 1. The van der Waals surface area contributed by atoms with Crippen LogP contribution in [0.2, 0.25) is 0 Å². The monoisotopic (exact) mass is 388 g/mol. The van der Waals surface area contributed by atoms with Gasteiger partial charge in [0.15, 0.2) is 0 Å². The minimum Gasteiger partial charge on any atom is -0.481 e. The van der Waals surface area contributed by atoms with E-state index in [-0.39, 0.29) is 43.3 Å². The molecule has 2 heterocycles. The van der Waals surface area contributed by atoms with E-state index in [4.69, 9.17) is 5.11 Å². The fourth-order valence-electron chi connectivity index (χ4n) is 3.78. The average Bonchev–Trinajstić information content (AvgIpc) is 2.99. The van der Waals surface area contributed by atoms with Crippen molar-refractivity contribution in [1.82, 2.24) is 15.5 Å². The summed E-state index contributed by atoms with van der Waals surface area (Å²) in [4.78, 5) is 50.6. The van der Waals surface area contributed by atoms with Gasteiger partial charge in [-0.3, -0.25) is 29.5 Å². The summed E-state index contributed by atoms with van der Waals surface area (Å²) in [5.74, 6) is -1.47. The molecule has 9 nitrogen and oxygen atoms in total. The van der Waals surface area contributed by atoms with Crippen LogP contribution in [0.5, 0.6) is 0 Å². The third-order valence-corrected chi connectivity index (χ3v) is 5.39. The van der Waals surface area contributed by atoms with Gasteiger partial charge in [-0.1, -0.05) is 12.1 Å². The summed E-state index contributed by atoms with van der Waals surface area (Å²) in [5, 5.41) is 14.1. The molecule has 9 heteroatoms. The number of aliphatic carboxylic acids is 1. The lowest BCUT2D eigenvalue weighted by atomic mass is 10.1. The molecule has 3 N–H and O–H groups in total. The van der Waals surface area contributed by atoms with Gasteiger partial charge in [0.2, 0.25) is 5.91 Å². The highest BCUT2D eigenvalue weighted by atomic mass is 16.4. The quantitative estimate of drug-likeness (QED) is 0.663. The molecule has 0 unspecified atom stereocenters. The van der Waals surface area contributed by atoms with E-state index in [0.29, 0.717) is 17.8 Å². The number of carboxylic acids is 1. The molecular weight excluding hydrogens is 364 g/mol. The van der Waals surface area contributed by atoms with Crippen molar-refractivity contribution in [2.45, 2.75) is 37.8 Å². The number of imide groups is 1. The number of benzene rings is 1. The normalized spacial score (nSPS) is 22.8. The summed E-state index contributed by atoms with van der Waals surface area (Å²) in [5.41, 5.74) is 0.809. The maximum atomic E-state index is 12.8. The van der Waals surface area contributed by atoms with Crippen LogP contribution in [0.3, 0.4) is 0 Å². The van der Waals surface area contributed by atoms with Gasteiger partial charge in [0, 0.05) is 31.6 Å². The third kappa shape index (κ3) is 4.30. The van der Waals surface area contributed by atoms with E-state index in [0.717, 1.165) is 12.8 Å².